The van der Waals surface area contributed by atoms with Crippen molar-refractivity contribution >= 4 is 17.9 Å². The molecular weight excluding hydrogens is 433 g/mol. The fourth-order valence-electron chi connectivity index (χ4n) is 3.48. The molecular formula is C21H22F5N5O. The van der Waals surface area contributed by atoms with E-state index in [1.54, 1.807) is 4.90 Å². The first-order valence-electron chi connectivity index (χ1n) is 10.0. The number of nitrogens with one attached hydrogen (secondary N) is 1. The molecule has 3 rings (SSSR count). The quantitative estimate of drug-likeness (QED) is 0.324. The first kappa shape index (κ1) is 23.6. The first-order chi connectivity index (χ1) is 15.0. The smallest absolute Gasteiger partial charge is 0.352 e. The molecule has 2 aliphatic heterocycles. The van der Waals surface area contributed by atoms with Gasteiger partial charge in [0.15, 0.2) is 11.8 Å². The summed E-state index contributed by atoms with van der Waals surface area (Å²) >= 11 is 0. The third kappa shape index (κ3) is 5.06. The van der Waals surface area contributed by atoms with Gasteiger partial charge in [0.05, 0.1) is 17.3 Å². The van der Waals surface area contributed by atoms with Gasteiger partial charge in [-0.25, -0.2) is 9.97 Å². The average molecular weight is 455 g/mol. The van der Waals surface area contributed by atoms with Gasteiger partial charge in [0.2, 0.25) is 5.95 Å². The number of carbonyl (C=O) groups excluding carboxylic acids is 1. The topological polar surface area (TPSA) is 70.5 Å². The summed E-state index contributed by atoms with van der Waals surface area (Å²) in [6, 6.07) is 2.77. The Morgan fingerprint density at radius 3 is 2.56 bits per heavy atom. The lowest BCUT2D eigenvalue weighted by molar-refractivity contribution is -0.138. The van der Waals surface area contributed by atoms with Gasteiger partial charge in [0.25, 0.3) is 0 Å². The highest BCUT2D eigenvalue weighted by Gasteiger charge is 2.42. The molecule has 1 unspecified atom stereocenters. The molecule has 1 aromatic rings. The Hall–Kier alpha value is -3.03. The molecule has 1 fully saturated rings. The summed E-state index contributed by atoms with van der Waals surface area (Å²) in [5, 5.41) is 2.90. The van der Waals surface area contributed by atoms with E-state index in [0.717, 1.165) is 26.2 Å². The second-order valence-corrected chi connectivity index (χ2v) is 7.79. The zero-order valence-corrected chi connectivity index (χ0v) is 17.5. The molecule has 0 radical (unpaired) electrons. The number of piperidine rings is 1. The van der Waals surface area contributed by atoms with Gasteiger partial charge in [-0.1, -0.05) is 0 Å². The summed E-state index contributed by atoms with van der Waals surface area (Å²) in [6.07, 6.45) is 0.565. The van der Waals surface area contributed by atoms with E-state index >= 15 is 0 Å². The number of hydrogen-bond acceptors (Lipinski definition) is 6. The largest absolute Gasteiger partial charge is 0.419 e. The number of dihydropyridines is 1. The molecule has 1 N–H and O–H groups in total. The maximum absolute atomic E-state index is 13.9. The summed E-state index contributed by atoms with van der Waals surface area (Å²) in [6.45, 7) is 3.44. The minimum Gasteiger partial charge on any atom is -0.352 e. The Balaban J connectivity index is 1.74. The van der Waals surface area contributed by atoms with Gasteiger partial charge < -0.3 is 10.2 Å². The molecule has 1 aromatic heterocycles. The van der Waals surface area contributed by atoms with Gasteiger partial charge in [-0.15, -0.1) is 0 Å². The van der Waals surface area contributed by atoms with E-state index < -0.39 is 28.9 Å². The van der Waals surface area contributed by atoms with Crippen molar-refractivity contribution in [3.63, 3.8) is 0 Å². The third-order valence-corrected chi connectivity index (χ3v) is 5.49. The highest BCUT2D eigenvalue weighted by atomic mass is 19.4. The fraction of sp³-hybridized carbons (Fsp3) is 0.524. The summed E-state index contributed by atoms with van der Waals surface area (Å²) in [5.74, 6) is -0.415. The molecule has 11 heteroatoms. The molecule has 0 amide bonds. The predicted octanol–water partition coefficient (Wildman–Crippen LogP) is 3.72. The number of halogens is 5. The van der Waals surface area contributed by atoms with Crippen LogP contribution in [0.1, 0.15) is 38.7 Å². The van der Waals surface area contributed by atoms with Crippen molar-refractivity contribution in [2.24, 2.45) is 4.99 Å². The molecule has 32 heavy (non-hydrogen) atoms. The molecule has 6 nitrogen and oxygen atoms in total. The molecule has 172 valence electrons. The van der Waals surface area contributed by atoms with E-state index in [1.807, 2.05) is 0 Å². The van der Waals surface area contributed by atoms with Crippen molar-refractivity contribution in [1.82, 2.24) is 14.9 Å². The zero-order chi connectivity index (χ0) is 23.6. The standard InChI is InChI=1S/C21H22F5N5O/c1-14-9-20(22,23)15(2)30-19(14,13-32)6-8-31-7-4-3-5-17(31)12-29-18-27-10-16(11-28-18)21(24,25)26/h9-11,13,17H,3-5,7,12H2,1-2H3,(H,27,28,29)/t17?,19-/m0/s1. The maximum Gasteiger partial charge on any atom is 0.419 e. The van der Waals surface area contributed by atoms with Gasteiger partial charge in [0, 0.05) is 31.5 Å². The van der Waals surface area contributed by atoms with Crippen LogP contribution in [0.3, 0.4) is 0 Å². The van der Waals surface area contributed by atoms with E-state index in [2.05, 4.69) is 32.2 Å². The lowest BCUT2D eigenvalue weighted by Crippen LogP contribution is -2.42. The molecule has 0 bridgehead atoms. The van der Waals surface area contributed by atoms with Crippen LogP contribution >= 0.6 is 0 Å². The minimum absolute atomic E-state index is 0.0503. The number of rotatable bonds is 4. The highest BCUT2D eigenvalue weighted by molar-refractivity contribution is 5.96. The minimum atomic E-state index is -4.51. The second kappa shape index (κ2) is 8.84. The fourth-order valence-corrected chi connectivity index (χ4v) is 3.48. The van der Waals surface area contributed by atoms with Crippen molar-refractivity contribution in [3.05, 3.63) is 29.6 Å². The Labute approximate surface area is 182 Å². The summed E-state index contributed by atoms with van der Waals surface area (Å²) in [5.41, 5.74) is -3.04. The predicted molar refractivity (Wildman–Crippen MR) is 108 cm³/mol. The van der Waals surface area contributed by atoms with E-state index in [4.69, 9.17) is 0 Å². The molecule has 0 aromatic carbocycles. The normalized spacial score (nSPS) is 25.2. The van der Waals surface area contributed by atoms with Crippen molar-refractivity contribution < 1.29 is 26.7 Å². The van der Waals surface area contributed by atoms with Crippen molar-refractivity contribution in [2.75, 3.05) is 18.4 Å². The van der Waals surface area contributed by atoms with Crippen LogP contribution in [0.25, 0.3) is 0 Å². The van der Waals surface area contributed by atoms with Gasteiger partial charge in [0.1, 0.15) is 0 Å². The molecule has 2 atom stereocenters. The van der Waals surface area contributed by atoms with Gasteiger partial charge >= 0.3 is 12.1 Å². The van der Waals surface area contributed by atoms with Gasteiger partial charge in [-0.2, -0.15) is 22.0 Å². The lowest BCUT2D eigenvalue weighted by Gasteiger charge is -2.34. The Morgan fingerprint density at radius 1 is 1.25 bits per heavy atom. The number of aliphatic imine (C=N–C) groups is 1. The number of likely N-dealkylation sites (tertiary alicyclic amines) is 1. The molecule has 0 saturated carbocycles. The Bertz CT molecular complexity index is 977. The Kier molecular flexibility index (Phi) is 6.53. The van der Waals surface area contributed by atoms with E-state index in [0.29, 0.717) is 37.8 Å². The molecule has 3 heterocycles. The summed E-state index contributed by atoms with van der Waals surface area (Å²) in [7, 11) is 0. The summed E-state index contributed by atoms with van der Waals surface area (Å²) in [4.78, 5) is 24.9. The summed E-state index contributed by atoms with van der Waals surface area (Å²) < 4.78 is 65.7. The van der Waals surface area contributed by atoms with E-state index in [-0.39, 0.29) is 17.6 Å². The molecule has 0 aliphatic carbocycles. The van der Waals surface area contributed by atoms with Crippen LogP contribution in [0.15, 0.2) is 29.0 Å². The van der Waals surface area contributed by atoms with Crippen molar-refractivity contribution in [2.45, 2.75) is 56.8 Å². The third-order valence-electron chi connectivity index (χ3n) is 5.49. The second-order valence-electron chi connectivity index (χ2n) is 7.79. The SMILES string of the molecule is CC1=CC(F)(F)C(C)=N[C@@]1(C#CN1CCCCC1CNc1ncc(C(F)(F)F)cn1)C=O. The van der Waals surface area contributed by atoms with Crippen LogP contribution in [0, 0.1) is 12.0 Å². The number of carbonyl (C=O) groups is 1. The molecule has 2 aliphatic rings. The average Bonchev–Trinajstić information content (AvgIpc) is 2.74. The number of hydrogen-bond donors (Lipinski definition) is 1. The maximum atomic E-state index is 13.9. The van der Waals surface area contributed by atoms with Crippen LogP contribution in [0.4, 0.5) is 27.9 Å². The number of allylic oxidation sites excluding steroid dienone is 1. The number of alkyl halides is 5. The van der Waals surface area contributed by atoms with Crippen LogP contribution in [0.5, 0.6) is 0 Å². The number of aldehydes is 1. The first-order valence-corrected chi connectivity index (χ1v) is 10.0. The van der Waals surface area contributed by atoms with Crippen LogP contribution in [-0.4, -0.2) is 57.5 Å². The monoisotopic (exact) mass is 455 g/mol. The van der Waals surface area contributed by atoms with E-state index in [1.165, 1.54) is 6.92 Å². The molecule has 1 saturated heterocycles. The van der Waals surface area contributed by atoms with Gasteiger partial charge in [-0.3, -0.25) is 9.79 Å². The van der Waals surface area contributed by atoms with Crippen LogP contribution < -0.4 is 5.32 Å². The van der Waals surface area contributed by atoms with Crippen LogP contribution in [-0.2, 0) is 11.0 Å². The zero-order valence-electron chi connectivity index (χ0n) is 17.5. The number of anilines is 1. The van der Waals surface area contributed by atoms with Crippen molar-refractivity contribution in [1.29, 1.82) is 0 Å². The molecule has 0 spiro atoms. The number of nitrogens with zero attached hydrogens (tertiary/aromatic N) is 4. The lowest BCUT2D eigenvalue weighted by atomic mass is 9.88. The van der Waals surface area contributed by atoms with Gasteiger partial charge in [-0.05, 0) is 50.7 Å². The van der Waals surface area contributed by atoms with Crippen molar-refractivity contribution in [3.8, 4) is 12.0 Å². The Morgan fingerprint density at radius 2 is 1.94 bits per heavy atom. The highest BCUT2D eigenvalue weighted by Crippen LogP contribution is 2.32. The van der Waals surface area contributed by atoms with E-state index in [9.17, 15) is 26.7 Å². The van der Waals surface area contributed by atoms with Crippen LogP contribution in [0.2, 0.25) is 0 Å². The number of aromatic nitrogens is 2.